The lowest BCUT2D eigenvalue weighted by atomic mass is 9.95. The van der Waals surface area contributed by atoms with Crippen molar-refractivity contribution < 1.29 is 4.79 Å². The molecule has 7 heteroatoms. The zero-order chi connectivity index (χ0) is 23.8. The second kappa shape index (κ2) is 10.1. The number of thiophene rings is 1. The van der Waals surface area contributed by atoms with E-state index in [9.17, 15) is 4.79 Å². The number of nitrogens with one attached hydrogen (secondary N) is 1. The van der Waals surface area contributed by atoms with Crippen LogP contribution in [0, 0.1) is 19.8 Å². The molecular formula is C27H41N5OS. The zero-order valence-electron chi connectivity index (χ0n) is 21.3. The van der Waals surface area contributed by atoms with Crippen LogP contribution in [-0.4, -0.2) is 44.2 Å². The summed E-state index contributed by atoms with van der Waals surface area (Å²) >= 11 is 1.80. The van der Waals surface area contributed by atoms with Gasteiger partial charge in [-0.05, 0) is 75.8 Å². The van der Waals surface area contributed by atoms with E-state index in [-0.39, 0.29) is 17.9 Å². The number of aryl methyl sites for hydroxylation is 2. The molecule has 1 saturated carbocycles. The number of amides is 1. The van der Waals surface area contributed by atoms with Gasteiger partial charge < -0.3 is 9.88 Å². The first-order valence-corrected chi connectivity index (χ1v) is 14.3. The average Bonchev–Trinajstić information content (AvgIpc) is 3.59. The lowest BCUT2D eigenvalue weighted by molar-refractivity contribution is -0.125. The van der Waals surface area contributed by atoms with Gasteiger partial charge in [0.1, 0.15) is 11.6 Å². The van der Waals surface area contributed by atoms with Gasteiger partial charge in [-0.25, -0.2) is 0 Å². The van der Waals surface area contributed by atoms with Crippen LogP contribution in [0.5, 0.6) is 0 Å². The minimum Gasteiger partial charge on any atom is -0.348 e. The first-order valence-electron chi connectivity index (χ1n) is 13.4. The number of fused-ring (bicyclic) bond motifs is 2. The van der Waals surface area contributed by atoms with Crippen molar-refractivity contribution in [2.45, 2.75) is 116 Å². The summed E-state index contributed by atoms with van der Waals surface area (Å²) in [4.78, 5) is 17.1. The standard InChI is InChI=1S/C27H41N5OS/c1-17(2)26-30-29-19(4)32(26)23-14-21-9-10-22(15-23)31(21)12-11-24(25-13-18(3)16-34-25)28-27(33)20-7-5-6-8-20/h13,16-17,20-24H,5-12,14-15H2,1-4H3,(H,28,33)/t21?,22?,23?,24-/m0/s1. The number of rotatable bonds is 8. The minimum atomic E-state index is 0.136. The highest BCUT2D eigenvalue weighted by molar-refractivity contribution is 7.10. The summed E-state index contributed by atoms with van der Waals surface area (Å²) in [5.41, 5.74) is 1.30. The fourth-order valence-electron chi connectivity index (χ4n) is 6.73. The van der Waals surface area contributed by atoms with Crippen molar-refractivity contribution in [3.63, 3.8) is 0 Å². The van der Waals surface area contributed by atoms with Crippen molar-refractivity contribution >= 4 is 17.2 Å². The highest BCUT2D eigenvalue weighted by Gasteiger charge is 2.42. The Balaban J connectivity index is 1.26. The molecule has 0 spiro atoms. The van der Waals surface area contributed by atoms with Crippen molar-refractivity contribution in [1.29, 1.82) is 0 Å². The molecule has 6 nitrogen and oxygen atoms in total. The number of aromatic nitrogens is 3. The Morgan fingerprint density at radius 2 is 1.79 bits per heavy atom. The molecular weight excluding hydrogens is 442 g/mol. The molecule has 2 unspecified atom stereocenters. The van der Waals surface area contributed by atoms with Gasteiger partial charge >= 0.3 is 0 Å². The Morgan fingerprint density at radius 1 is 1.09 bits per heavy atom. The Bertz CT molecular complexity index is 977. The third-order valence-electron chi connectivity index (χ3n) is 8.45. The van der Waals surface area contributed by atoms with Crippen molar-refractivity contribution in [3.05, 3.63) is 33.5 Å². The van der Waals surface area contributed by atoms with Crippen LogP contribution in [0.4, 0.5) is 0 Å². The van der Waals surface area contributed by atoms with E-state index in [4.69, 9.17) is 0 Å². The Hall–Kier alpha value is -1.73. The minimum absolute atomic E-state index is 0.136. The van der Waals surface area contributed by atoms with Crippen LogP contribution in [-0.2, 0) is 4.79 Å². The van der Waals surface area contributed by atoms with E-state index in [1.807, 2.05) is 0 Å². The average molecular weight is 484 g/mol. The van der Waals surface area contributed by atoms with Crippen molar-refractivity contribution in [3.8, 4) is 0 Å². The van der Waals surface area contributed by atoms with Gasteiger partial charge in [0.25, 0.3) is 0 Å². The normalized spacial score (nSPS) is 26.4. The molecule has 2 aromatic rings. The number of carbonyl (C=O) groups is 1. The smallest absolute Gasteiger partial charge is 0.223 e. The molecule has 2 saturated heterocycles. The van der Waals surface area contributed by atoms with E-state index in [1.54, 1.807) is 11.3 Å². The first kappa shape index (κ1) is 24.0. The summed E-state index contributed by atoms with van der Waals surface area (Å²) in [6.07, 6.45) is 10.5. The topological polar surface area (TPSA) is 63.1 Å². The zero-order valence-corrected chi connectivity index (χ0v) is 22.1. The van der Waals surface area contributed by atoms with Crippen LogP contribution >= 0.6 is 11.3 Å². The van der Waals surface area contributed by atoms with E-state index in [0.29, 0.717) is 24.0 Å². The molecule has 3 atom stereocenters. The molecule has 2 aliphatic heterocycles. The molecule has 1 aliphatic carbocycles. The first-order chi connectivity index (χ1) is 16.4. The Kier molecular flexibility index (Phi) is 7.12. The predicted octanol–water partition coefficient (Wildman–Crippen LogP) is 5.69. The summed E-state index contributed by atoms with van der Waals surface area (Å²) in [6.45, 7) is 9.76. The monoisotopic (exact) mass is 483 g/mol. The Labute approximate surface area is 208 Å². The quantitative estimate of drug-likeness (QED) is 0.524. The van der Waals surface area contributed by atoms with Gasteiger partial charge in [0.15, 0.2) is 0 Å². The summed E-state index contributed by atoms with van der Waals surface area (Å²) in [5, 5.41) is 14.6. The molecule has 1 N–H and O–H groups in total. The number of hydrogen-bond acceptors (Lipinski definition) is 5. The second-order valence-electron chi connectivity index (χ2n) is 11.2. The molecule has 0 aromatic carbocycles. The van der Waals surface area contributed by atoms with E-state index < -0.39 is 0 Å². The molecule has 2 aromatic heterocycles. The van der Waals surface area contributed by atoms with E-state index in [1.165, 1.54) is 49.0 Å². The third-order valence-corrected chi connectivity index (χ3v) is 9.61. The Morgan fingerprint density at radius 3 is 2.41 bits per heavy atom. The third kappa shape index (κ3) is 4.83. The maximum atomic E-state index is 13.0. The second-order valence-corrected chi connectivity index (χ2v) is 12.2. The van der Waals surface area contributed by atoms with Crippen molar-refractivity contribution in [1.82, 2.24) is 25.0 Å². The van der Waals surface area contributed by atoms with E-state index in [2.05, 4.69) is 64.1 Å². The lowest BCUT2D eigenvalue weighted by Gasteiger charge is -2.40. The fraction of sp³-hybridized carbons (Fsp3) is 0.741. The molecule has 186 valence electrons. The molecule has 3 fully saturated rings. The predicted molar refractivity (Wildman–Crippen MR) is 137 cm³/mol. The fourth-order valence-corrected chi connectivity index (χ4v) is 7.71. The van der Waals surface area contributed by atoms with Crippen LogP contribution in [0.1, 0.15) is 112 Å². The van der Waals surface area contributed by atoms with Crippen LogP contribution in [0.15, 0.2) is 11.4 Å². The van der Waals surface area contributed by atoms with Crippen LogP contribution < -0.4 is 5.32 Å². The van der Waals surface area contributed by atoms with Gasteiger partial charge in [-0.2, -0.15) is 0 Å². The van der Waals surface area contributed by atoms with Crippen LogP contribution in [0.25, 0.3) is 0 Å². The maximum absolute atomic E-state index is 13.0. The van der Waals surface area contributed by atoms with Gasteiger partial charge in [0.2, 0.25) is 5.91 Å². The molecule has 1 amide bonds. The largest absolute Gasteiger partial charge is 0.348 e. The lowest BCUT2D eigenvalue weighted by Crippen LogP contribution is -2.45. The molecule has 0 radical (unpaired) electrons. The van der Waals surface area contributed by atoms with Gasteiger partial charge in [0, 0.05) is 41.4 Å². The van der Waals surface area contributed by atoms with Gasteiger partial charge in [0.05, 0.1) is 6.04 Å². The van der Waals surface area contributed by atoms with Gasteiger partial charge in [-0.3, -0.25) is 9.69 Å². The van der Waals surface area contributed by atoms with Crippen LogP contribution in [0.3, 0.4) is 0 Å². The molecule has 2 bridgehead atoms. The highest BCUT2D eigenvalue weighted by Crippen LogP contribution is 2.42. The van der Waals surface area contributed by atoms with E-state index >= 15 is 0 Å². The number of hydrogen-bond donors (Lipinski definition) is 1. The number of carbonyl (C=O) groups excluding carboxylic acids is 1. The number of piperidine rings is 1. The summed E-state index contributed by atoms with van der Waals surface area (Å²) in [5.74, 6) is 3.09. The van der Waals surface area contributed by atoms with Crippen molar-refractivity contribution in [2.24, 2.45) is 5.92 Å². The van der Waals surface area contributed by atoms with Crippen molar-refractivity contribution in [2.75, 3.05) is 6.54 Å². The maximum Gasteiger partial charge on any atom is 0.223 e. The van der Waals surface area contributed by atoms with Gasteiger partial charge in [-0.15, -0.1) is 21.5 Å². The molecule has 3 aliphatic rings. The molecule has 4 heterocycles. The summed E-state index contributed by atoms with van der Waals surface area (Å²) in [7, 11) is 0. The molecule has 5 rings (SSSR count). The van der Waals surface area contributed by atoms with Crippen LogP contribution in [0.2, 0.25) is 0 Å². The highest BCUT2D eigenvalue weighted by atomic mass is 32.1. The van der Waals surface area contributed by atoms with E-state index in [0.717, 1.165) is 37.5 Å². The molecule has 34 heavy (non-hydrogen) atoms. The SMILES string of the molecule is Cc1csc([C@H](CCN2C3CCC2CC(n2c(C)nnc2C(C)C)C3)NC(=O)C2CCCC2)c1. The number of nitrogens with zero attached hydrogens (tertiary/aromatic N) is 4. The van der Waals surface area contributed by atoms with Gasteiger partial charge in [-0.1, -0.05) is 26.7 Å². The summed E-state index contributed by atoms with van der Waals surface area (Å²) in [6, 6.07) is 4.17. The summed E-state index contributed by atoms with van der Waals surface area (Å²) < 4.78 is 2.44.